The molecule has 0 saturated heterocycles. The quantitative estimate of drug-likeness (QED) is 0.480. The van der Waals surface area contributed by atoms with Crippen molar-refractivity contribution < 1.29 is 49.0 Å². The molecule has 12 heteroatoms. The van der Waals surface area contributed by atoms with Gasteiger partial charge >= 0.3 is 93.8 Å². The third kappa shape index (κ3) is 3.95. The SMILES string of the molecule is [CH2]=[Cf][C](F)(OC(F)(F)C(=C)F)C(F)(F)OC(F)(F)F. The van der Waals surface area contributed by atoms with Crippen LogP contribution >= 0.6 is 0 Å². The molecule has 0 radical (unpaired) electrons. The number of alkyl halides is 8. The molecule has 0 aromatic heterocycles. The third-order valence-corrected chi connectivity index (χ3v) is 3.51. The van der Waals surface area contributed by atoms with E-state index in [2.05, 4.69) is 16.9 Å². The van der Waals surface area contributed by atoms with E-state index < -0.39 is 30.8 Å². The second-order valence-electron chi connectivity index (χ2n) is 2.68. The molecular weight excluding hydrogens is 538 g/mol. The zero-order valence-corrected chi connectivity index (χ0v) is 11.1. The van der Waals surface area contributed by atoms with Crippen molar-refractivity contribution in [3.63, 3.8) is 0 Å². The number of rotatable bonds is 6. The Morgan fingerprint density at radius 1 is 0.895 bits per heavy atom. The van der Waals surface area contributed by atoms with Crippen LogP contribution in [0.25, 0.3) is 0 Å². The molecule has 0 aromatic rings. The van der Waals surface area contributed by atoms with Crippen LogP contribution in [0.4, 0.5) is 39.5 Å². The average molecular weight is 542 g/mol. The number of hydrogen-bond acceptors (Lipinski definition) is 2. The van der Waals surface area contributed by atoms with Gasteiger partial charge in [0.2, 0.25) is 0 Å². The summed E-state index contributed by atoms with van der Waals surface area (Å²) in [6, 6.07) is 0. The summed E-state index contributed by atoms with van der Waals surface area (Å²) < 4.78 is 113. The fraction of sp³-hybridized carbons (Fsp3) is 0.571. The first kappa shape index (κ1) is 16.9. The second-order valence-corrected chi connectivity index (χ2v) is 5.30. The molecule has 0 aliphatic heterocycles. The third-order valence-electron chi connectivity index (χ3n) is 1.27. The van der Waals surface area contributed by atoms with Crippen molar-refractivity contribution in [3.8, 4) is 0 Å². The maximum atomic E-state index is 13.4. The van der Waals surface area contributed by atoms with Crippen molar-refractivity contribution in [2.45, 2.75) is 24.9 Å². The van der Waals surface area contributed by atoms with Crippen molar-refractivity contribution in [1.29, 1.82) is 0 Å². The Balaban J connectivity index is 5.37. The van der Waals surface area contributed by atoms with Gasteiger partial charge in [-0.15, -0.1) is 0 Å². The minimum atomic E-state index is -6.03. The van der Waals surface area contributed by atoms with Gasteiger partial charge in [-0.05, 0) is 0 Å². The summed E-state index contributed by atoms with van der Waals surface area (Å²) >= 11 is 0. The molecule has 0 fully saturated rings. The second kappa shape index (κ2) is 4.53. The van der Waals surface area contributed by atoms with Gasteiger partial charge in [0, 0.05) is 0 Å². The fourth-order valence-electron chi connectivity index (χ4n) is 0.557. The van der Waals surface area contributed by atoms with E-state index in [1.165, 1.54) is 0 Å². The van der Waals surface area contributed by atoms with E-state index in [4.69, 9.17) is 0 Å². The van der Waals surface area contributed by atoms with Crippen molar-refractivity contribution in [1.82, 2.24) is 0 Å². The van der Waals surface area contributed by atoms with Crippen LogP contribution in [-0.4, -0.2) is 32.4 Å². The number of halogens is 9. The first-order valence-corrected chi connectivity index (χ1v) is 6.93. The van der Waals surface area contributed by atoms with E-state index in [9.17, 15) is 39.5 Å². The fourth-order valence-corrected chi connectivity index (χ4v) is 1.76. The van der Waals surface area contributed by atoms with Crippen LogP contribution in [0.2, 0.25) is 0 Å². The minimum absolute atomic E-state index is 1.98. The summed E-state index contributed by atoms with van der Waals surface area (Å²) in [5.41, 5.74) is 0. The molecule has 0 aromatic carbocycles. The molecule has 0 bridgehead atoms. The van der Waals surface area contributed by atoms with Gasteiger partial charge in [-0.1, -0.05) is 0 Å². The van der Waals surface area contributed by atoms with Crippen LogP contribution in [-0.2, 0) is 9.47 Å². The molecule has 0 spiro atoms. The summed E-state index contributed by atoms with van der Waals surface area (Å²) in [7, 11) is 2.53. The van der Waals surface area contributed by atoms with Crippen LogP contribution in [0.1, 0.15) is 0 Å². The van der Waals surface area contributed by atoms with Gasteiger partial charge in [0.05, 0.1) is 0 Å². The maximum absolute atomic E-state index is 13.4. The van der Waals surface area contributed by atoms with Gasteiger partial charge in [0.25, 0.3) is 0 Å². The van der Waals surface area contributed by atoms with Crippen LogP contribution in [0.15, 0.2) is 12.4 Å². The molecule has 0 aliphatic rings. The van der Waals surface area contributed by atoms with E-state index >= 15 is 0 Å². The molecule has 0 N–H and O–H groups in total. The van der Waals surface area contributed by atoms with Crippen molar-refractivity contribution in [3.05, 3.63) is 12.4 Å². The zero-order valence-electron chi connectivity index (χ0n) is 8.45. The van der Waals surface area contributed by atoms with E-state index in [1.54, 1.807) is 0 Å². The molecule has 117 valence electrons. The Bertz CT molecular complexity index is 366. The standard InChI is InChI=1S/C6H2F9O2.CH2.Cf/c1-2(7)4(9,10)16-3(8)5(11,12)17-6(13,14)15;;/h1H2;1H2;. The van der Waals surface area contributed by atoms with Crippen molar-refractivity contribution >= 4 is 7.43 Å². The Morgan fingerprint density at radius 3 is 1.58 bits per heavy atom. The first-order valence-electron chi connectivity index (χ1n) is 3.75. The predicted octanol–water partition coefficient (Wildman–Crippen LogP) is 3.35. The monoisotopic (exact) mass is 540 g/mol. The van der Waals surface area contributed by atoms with E-state index in [0.29, 0.717) is 0 Å². The molecule has 19 heavy (non-hydrogen) atoms. The zero-order chi connectivity index (χ0) is 15.7. The number of ether oxygens (including phenoxy) is 2. The van der Waals surface area contributed by atoms with Crippen molar-refractivity contribution in [2.24, 2.45) is 0 Å². The number of hydrogen-bond donors (Lipinski definition) is 0. The molecule has 1 atom stereocenters. The van der Waals surface area contributed by atoms with Gasteiger partial charge in [-0.3, -0.25) is 0 Å². The van der Waals surface area contributed by atoms with Crippen LogP contribution in [0.3, 0.4) is 0 Å². The Kier molecular flexibility index (Phi) is 4.03. The molecular formula is C7H4CfF9O2. The van der Waals surface area contributed by atoms with Gasteiger partial charge in [0.1, 0.15) is 0 Å². The summed E-state index contributed by atoms with van der Waals surface area (Å²) in [5, 5.41) is 0. The predicted molar refractivity (Wildman–Crippen MR) is 39.3 cm³/mol. The molecule has 2 nitrogen and oxygen atoms in total. The summed E-state index contributed by atoms with van der Waals surface area (Å²) in [4.78, 5) is 0. The molecule has 0 aliphatic carbocycles. The van der Waals surface area contributed by atoms with Crippen LogP contribution in [0, 0.1) is 0 Å². The van der Waals surface area contributed by atoms with E-state index in [1.807, 2.05) is 6.58 Å². The molecule has 0 heterocycles. The Hall–Kier alpha value is -2.10. The van der Waals surface area contributed by atoms with Crippen LogP contribution in [0.5, 0.6) is 0 Å². The summed E-state index contributed by atoms with van der Waals surface area (Å²) in [6.45, 7) is 1.98. The average Bonchev–Trinajstić information content (AvgIpc) is 2.12. The van der Waals surface area contributed by atoms with E-state index in [-0.39, 0.29) is 0 Å². The van der Waals surface area contributed by atoms with Gasteiger partial charge in [-0.25, -0.2) is 0 Å². The first-order chi connectivity index (χ1) is 8.17. The Labute approximate surface area is 95.0 Å². The van der Waals surface area contributed by atoms with Gasteiger partial charge in [-0.2, -0.15) is 0 Å². The normalized spacial score (nSPS) is 16.7. The van der Waals surface area contributed by atoms with Crippen molar-refractivity contribution in [2.75, 3.05) is 0 Å². The molecule has 0 saturated carbocycles. The summed E-state index contributed by atoms with van der Waals surface area (Å²) in [5.74, 6) is -2.67. The topological polar surface area (TPSA) is 18.5 Å². The van der Waals surface area contributed by atoms with Gasteiger partial charge < -0.3 is 0 Å². The van der Waals surface area contributed by atoms with E-state index in [0.717, 1.165) is 0 Å². The molecule has 0 rings (SSSR count). The van der Waals surface area contributed by atoms with Gasteiger partial charge in [0.15, 0.2) is 0 Å². The van der Waals surface area contributed by atoms with Crippen LogP contribution < -0.4 is 0 Å². The molecule has 1 unspecified atom stereocenters. The molecule has 0 amide bonds. The Morgan fingerprint density at radius 2 is 1.32 bits per heavy atom. The summed E-state index contributed by atoms with van der Waals surface area (Å²) in [6.07, 6.45) is -22.0.